The molecule has 2 aromatic carbocycles. The summed E-state index contributed by atoms with van der Waals surface area (Å²) < 4.78 is 26.1. The van der Waals surface area contributed by atoms with Gasteiger partial charge in [0.1, 0.15) is 11.6 Å². The molecule has 0 unspecified atom stereocenters. The van der Waals surface area contributed by atoms with Crippen molar-refractivity contribution in [3.05, 3.63) is 84.7 Å². The smallest absolute Gasteiger partial charge is 0.164 e. The van der Waals surface area contributed by atoms with E-state index >= 15 is 0 Å². The van der Waals surface area contributed by atoms with E-state index in [1.54, 1.807) is 24.3 Å². The minimum Gasteiger partial charge on any atom is -0.207 e. The van der Waals surface area contributed by atoms with Gasteiger partial charge in [-0.15, -0.1) is 13.2 Å². The molecule has 0 heterocycles. The van der Waals surface area contributed by atoms with E-state index in [0.29, 0.717) is 0 Å². The first-order valence-corrected chi connectivity index (χ1v) is 8.07. The average Bonchev–Trinajstić information content (AvgIpc) is 2.44. The van der Waals surface area contributed by atoms with Crippen molar-refractivity contribution >= 4 is 18.4 Å². The maximum absolute atomic E-state index is 13.1. The van der Waals surface area contributed by atoms with Crippen molar-refractivity contribution in [3.8, 4) is 0 Å². The molecular weight excluding hydrogens is 258 g/mol. The molecule has 0 aliphatic heterocycles. The predicted molar refractivity (Wildman–Crippen MR) is 78.2 cm³/mol. The minimum atomic E-state index is -2.35. The molecule has 0 fully saturated rings. The van der Waals surface area contributed by atoms with Gasteiger partial charge in [-0.3, -0.25) is 0 Å². The lowest BCUT2D eigenvalue weighted by atomic mass is 10.3. The van der Waals surface area contributed by atoms with Crippen molar-refractivity contribution in [3.63, 3.8) is 0 Å². The highest BCUT2D eigenvalue weighted by atomic mass is 28.3. The van der Waals surface area contributed by atoms with E-state index in [0.717, 1.165) is 10.4 Å². The van der Waals surface area contributed by atoms with Crippen LogP contribution in [0.4, 0.5) is 8.78 Å². The standard InChI is InChI=1S/C16H14F2Si/c1-3-19(4-2,15-9-5-13(17)6-10-15)16-11-7-14(18)8-12-16/h3-12H,1-2H2. The van der Waals surface area contributed by atoms with Crippen LogP contribution in [0.5, 0.6) is 0 Å². The van der Waals surface area contributed by atoms with E-state index in [9.17, 15) is 8.78 Å². The summed E-state index contributed by atoms with van der Waals surface area (Å²) in [6.45, 7) is 7.81. The summed E-state index contributed by atoms with van der Waals surface area (Å²) in [7, 11) is -2.35. The Balaban J connectivity index is 2.60. The Labute approximate surface area is 112 Å². The third-order valence-corrected chi connectivity index (χ3v) is 7.15. The van der Waals surface area contributed by atoms with Gasteiger partial charge >= 0.3 is 0 Å². The van der Waals surface area contributed by atoms with Gasteiger partial charge in [0.05, 0.1) is 0 Å². The Morgan fingerprint density at radius 2 is 1.00 bits per heavy atom. The van der Waals surface area contributed by atoms with Gasteiger partial charge < -0.3 is 0 Å². The van der Waals surface area contributed by atoms with Crippen LogP contribution in [0.1, 0.15) is 0 Å². The fraction of sp³-hybridized carbons (Fsp3) is 0. The van der Waals surface area contributed by atoms with Crippen molar-refractivity contribution in [2.45, 2.75) is 0 Å². The summed E-state index contributed by atoms with van der Waals surface area (Å²) in [5.74, 6) is -0.558. The molecule has 0 nitrogen and oxygen atoms in total. The molecule has 0 atom stereocenters. The second-order valence-corrected chi connectivity index (χ2v) is 8.00. The number of rotatable bonds is 4. The molecule has 2 rings (SSSR count). The van der Waals surface area contributed by atoms with Gasteiger partial charge in [0.2, 0.25) is 0 Å². The van der Waals surface area contributed by atoms with Gasteiger partial charge in [-0.1, -0.05) is 35.7 Å². The number of halogens is 2. The summed E-state index contributed by atoms with van der Waals surface area (Å²) in [4.78, 5) is 0. The maximum atomic E-state index is 13.1. The summed E-state index contributed by atoms with van der Waals surface area (Å²) in [5, 5.41) is 1.95. The van der Waals surface area contributed by atoms with Gasteiger partial charge in [0, 0.05) is 0 Å². The quantitative estimate of drug-likeness (QED) is 0.751. The summed E-state index contributed by atoms with van der Waals surface area (Å²) in [6.07, 6.45) is 0. The molecule has 0 bridgehead atoms. The zero-order chi connectivity index (χ0) is 13.9. The largest absolute Gasteiger partial charge is 0.207 e. The highest BCUT2D eigenvalue weighted by Gasteiger charge is 2.30. The molecule has 3 heteroatoms. The fourth-order valence-electron chi connectivity index (χ4n) is 2.17. The van der Waals surface area contributed by atoms with Crippen LogP contribution in [0.15, 0.2) is 73.1 Å². The van der Waals surface area contributed by atoms with Crippen LogP contribution in [0.2, 0.25) is 0 Å². The van der Waals surface area contributed by atoms with Crippen LogP contribution in [-0.4, -0.2) is 8.07 Å². The monoisotopic (exact) mass is 272 g/mol. The van der Waals surface area contributed by atoms with E-state index < -0.39 is 8.07 Å². The fourth-order valence-corrected chi connectivity index (χ4v) is 5.05. The summed E-state index contributed by atoms with van der Waals surface area (Å²) >= 11 is 0. The Hall–Kier alpha value is -2.00. The lowest BCUT2D eigenvalue weighted by Gasteiger charge is -2.25. The van der Waals surface area contributed by atoms with Crippen LogP contribution >= 0.6 is 0 Å². The second-order valence-electron chi connectivity index (χ2n) is 4.29. The highest BCUT2D eigenvalue weighted by molar-refractivity contribution is 7.09. The third kappa shape index (κ3) is 2.42. The van der Waals surface area contributed by atoms with Crippen LogP contribution in [0.25, 0.3) is 0 Å². The van der Waals surface area contributed by atoms with Gasteiger partial charge in [0.15, 0.2) is 8.07 Å². The molecule has 0 spiro atoms. The Morgan fingerprint density at radius 1 is 0.684 bits per heavy atom. The van der Waals surface area contributed by atoms with E-state index in [4.69, 9.17) is 0 Å². The zero-order valence-corrected chi connectivity index (χ0v) is 11.4. The normalized spacial score (nSPS) is 11.1. The first-order valence-electron chi connectivity index (χ1n) is 5.91. The molecular formula is C16H14F2Si. The van der Waals surface area contributed by atoms with Crippen molar-refractivity contribution in [1.29, 1.82) is 0 Å². The van der Waals surface area contributed by atoms with Crippen LogP contribution < -0.4 is 10.4 Å². The Morgan fingerprint density at radius 3 is 1.26 bits per heavy atom. The van der Waals surface area contributed by atoms with Gasteiger partial charge in [0.25, 0.3) is 0 Å². The van der Waals surface area contributed by atoms with Crippen LogP contribution in [0, 0.1) is 11.6 Å². The van der Waals surface area contributed by atoms with E-state index in [-0.39, 0.29) is 11.6 Å². The summed E-state index contributed by atoms with van der Waals surface area (Å²) in [6, 6.07) is 12.7. The molecule has 0 aromatic heterocycles. The van der Waals surface area contributed by atoms with E-state index in [2.05, 4.69) is 13.2 Å². The number of hydrogen-bond acceptors (Lipinski definition) is 0. The molecule has 0 N–H and O–H groups in total. The molecule has 96 valence electrons. The van der Waals surface area contributed by atoms with Gasteiger partial charge in [-0.2, -0.15) is 0 Å². The molecule has 0 saturated heterocycles. The van der Waals surface area contributed by atoms with Crippen LogP contribution in [0.3, 0.4) is 0 Å². The topological polar surface area (TPSA) is 0 Å². The molecule has 0 saturated carbocycles. The van der Waals surface area contributed by atoms with Crippen molar-refractivity contribution in [2.75, 3.05) is 0 Å². The first-order chi connectivity index (χ1) is 9.12. The lowest BCUT2D eigenvalue weighted by Crippen LogP contribution is -2.55. The van der Waals surface area contributed by atoms with E-state index in [1.165, 1.54) is 24.3 Å². The molecule has 0 aliphatic carbocycles. The first kappa shape index (κ1) is 13.4. The number of hydrogen-bond donors (Lipinski definition) is 0. The third-order valence-electron chi connectivity index (χ3n) is 3.29. The SMILES string of the molecule is C=C[Si](C=C)(c1ccc(F)cc1)c1ccc(F)cc1. The van der Waals surface area contributed by atoms with Crippen LogP contribution in [-0.2, 0) is 0 Å². The van der Waals surface area contributed by atoms with E-state index in [1.807, 2.05) is 11.4 Å². The molecule has 0 aliphatic rings. The highest BCUT2D eigenvalue weighted by Crippen LogP contribution is 2.10. The second kappa shape index (κ2) is 5.32. The Bertz CT molecular complexity index is 530. The molecule has 2 aromatic rings. The predicted octanol–water partition coefficient (Wildman–Crippen LogP) is 2.98. The lowest BCUT2D eigenvalue weighted by molar-refractivity contribution is 0.628. The van der Waals surface area contributed by atoms with Gasteiger partial charge in [-0.05, 0) is 34.6 Å². The van der Waals surface area contributed by atoms with Crippen molar-refractivity contribution in [2.24, 2.45) is 0 Å². The maximum Gasteiger partial charge on any atom is 0.164 e. The van der Waals surface area contributed by atoms with Crippen molar-refractivity contribution in [1.82, 2.24) is 0 Å². The number of benzene rings is 2. The summed E-state index contributed by atoms with van der Waals surface area (Å²) in [5.41, 5.74) is 3.72. The minimum absolute atomic E-state index is 0.279. The average molecular weight is 272 g/mol. The van der Waals surface area contributed by atoms with Gasteiger partial charge in [-0.25, -0.2) is 8.78 Å². The van der Waals surface area contributed by atoms with Crippen molar-refractivity contribution < 1.29 is 8.78 Å². The molecule has 0 radical (unpaired) electrons. The molecule has 19 heavy (non-hydrogen) atoms. The zero-order valence-electron chi connectivity index (χ0n) is 10.4. The molecule has 0 amide bonds. The Kier molecular flexibility index (Phi) is 3.76.